The third kappa shape index (κ3) is 6.81. The van der Waals surface area contributed by atoms with E-state index in [1.54, 1.807) is 0 Å². The summed E-state index contributed by atoms with van der Waals surface area (Å²) >= 11 is 0. The van der Waals surface area contributed by atoms with Crippen molar-refractivity contribution < 1.29 is 0 Å². The Balaban J connectivity index is 1.08. The second kappa shape index (κ2) is 17.3. The van der Waals surface area contributed by atoms with Crippen molar-refractivity contribution in [2.45, 2.75) is 18.3 Å². The summed E-state index contributed by atoms with van der Waals surface area (Å²) in [6.45, 7) is 0. The zero-order chi connectivity index (χ0) is 46.4. The fourth-order valence-corrected chi connectivity index (χ4v) is 11.5. The summed E-state index contributed by atoms with van der Waals surface area (Å²) in [5.74, 6) is 0. The van der Waals surface area contributed by atoms with Gasteiger partial charge in [0.25, 0.3) is 0 Å². The van der Waals surface area contributed by atoms with Crippen LogP contribution in [0.15, 0.2) is 273 Å². The van der Waals surface area contributed by atoms with Gasteiger partial charge in [-0.1, -0.05) is 176 Å². The van der Waals surface area contributed by atoms with Crippen molar-refractivity contribution in [3.05, 3.63) is 301 Å². The Labute approximate surface area is 410 Å². The van der Waals surface area contributed by atoms with Gasteiger partial charge in [-0.2, -0.15) is 0 Å². The molecular weight excluding hydrogens is 847 g/mol. The number of rotatable bonds is 9. The SMILES string of the molecule is C1=CCCC(c2cccc(N(c3ccccc3)c3ccc4c(c3)C3(c5cc(N(c6ccccc6)c6cccc(-c7ccccc7)c6)ccc5-4)c4ccccc4N(c4ccccc4)c4ccccc43)c2)=C1. The van der Waals surface area contributed by atoms with Crippen LogP contribution in [0.2, 0.25) is 0 Å². The lowest BCUT2D eigenvalue weighted by atomic mass is 9.64. The van der Waals surface area contributed by atoms with Crippen LogP contribution >= 0.6 is 0 Å². The van der Waals surface area contributed by atoms with E-state index in [4.69, 9.17) is 0 Å². The van der Waals surface area contributed by atoms with Gasteiger partial charge in [-0.25, -0.2) is 0 Å². The van der Waals surface area contributed by atoms with Gasteiger partial charge in [-0.3, -0.25) is 0 Å². The first-order valence-corrected chi connectivity index (χ1v) is 24.4. The van der Waals surface area contributed by atoms with Crippen molar-refractivity contribution in [1.82, 2.24) is 0 Å². The van der Waals surface area contributed by atoms with Gasteiger partial charge in [0.1, 0.15) is 0 Å². The van der Waals surface area contributed by atoms with Crippen LogP contribution in [0.1, 0.15) is 40.7 Å². The van der Waals surface area contributed by atoms with Gasteiger partial charge in [-0.15, -0.1) is 0 Å². The molecule has 3 aliphatic rings. The predicted molar refractivity (Wildman–Crippen MR) is 293 cm³/mol. The standard InChI is InChI=1S/C67H49N3/c1-6-22-48(23-7-1)50-26-20-34-55(44-50)68(52-28-10-3-11-29-52)57-40-42-59-60-43-41-58(69(53-30-12-4-13-31-53)56-35-21-27-51(45-56)49-24-8-2-9-25-49)47-64(60)67(63(59)46-57)61-36-16-18-38-65(61)70(54-32-14-5-15-33-54)66-39-19-17-37-62(66)67/h1-8,10-24,26-47H,9,25H2. The summed E-state index contributed by atoms with van der Waals surface area (Å²) in [4.78, 5) is 7.33. The minimum atomic E-state index is -0.702. The zero-order valence-electron chi connectivity index (χ0n) is 38.7. The molecule has 10 aromatic carbocycles. The second-order valence-electron chi connectivity index (χ2n) is 18.4. The zero-order valence-corrected chi connectivity index (χ0v) is 38.7. The summed E-state index contributed by atoms with van der Waals surface area (Å²) in [6, 6.07) is 93.9. The third-order valence-electron chi connectivity index (χ3n) is 14.5. The first-order valence-electron chi connectivity index (χ1n) is 24.4. The summed E-state index contributed by atoms with van der Waals surface area (Å²) in [5.41, 5.74) is 21.9. The molecule has 3 heteroatoms. The van der Waals surface area contributed by atoms with Gasteiger partial charge in [0.05, 0.1) is 16.8 Å². The normalized spacial score (nSPS) is 13.7. The fraction of sp³-hybridized carbons (Fsp3) is 0.0448. The average Bonchev–Trinajstić information content (AvgIpc) is 3.72. The van der Waals surface area contributed by atoms with Crippen LogP contribution in [-0.4, -0.2) is 0 Å². The van der Waals surface area contributed by atoms with Crippen LogP contribution in [-0.2, 0) is 5.41 Å². The lowest BCUT2D eigenvalue weighted by Gasteiger charge is -2.45. The van der Waals surface area contributed by atoms with E-state index in [2.05, 4.69) is 288 Å². The van der Waals surface area contributed by atoms with Crippen molar-refractivity contribution in [2.24, 2.45) is 0 Å². The highest BCUT2D eigenvalue weighted by molar-refractivity contribution is 5.98. The molecule has 1 heterocycles. The van der Waals surface area contributed by atoms with Crippen molar-refractivity contribution >= 4 is 56.8 Å². The molecule has 0 fully saturated rings. The second-order valence-corrected chi connectivity index (χ2v) is 18.4. The van der Waals surface area contributed by atoms with E-state index in [1.165, 1.54) is 67.0 Å². The van der Waals surface area contributed by atoms with E-state index < -0.39 is 5.41 Å². The molecule has 0 bridgehead atoms. The van der Waals surface area contributed by atoms with E-state index in [9.17, 15) is 0 Å². The molecule has 13 rings (SSSR count). The Bertz CT molecular complexity index is 3570. The average molecular weight is 896 g/mol. The Morgan fingerprint density at radius 1 is 0.343 bits per heavy atom. The maximum Gasteiger partial charge on any atom is 0.0755 e. The molecule has 332 valence electrons. The van der Waals surface area contributed by atoms with Crippen LogP contribution in [0.25, 0.3) is 27.8 Å². The van der Waals surface area contributed by atoms with E-state index >= 15 is 0 Å². The molecule has 0 saturated heterocycles. The molecule has 0 atom stereocenters. The Kier molecular flexibility index (Phi) is 10.2. The molecule has 1 spiro atoms. The molecule has 3 nitrogen and oxygen atoms in total. The molecule has 70 heavy (non-hydrogen) atoms. The van der Waals surface area contributed by atoms with Gasteiger partial charge in [-0.05, 0) is 166 Å². The fourth-order valence-electron chi connectivity index (χ4n) is 11.5. The lowest BCUT2D eigenvalue weighted by Crippen LogP contribution is -2.36. The van der Waals surface area contributed by atoms with Crippen LogP contribution in [0.4, 0.5) is 51.2 Å². The van der Waals surface area contributed by atoms with Crippen LogP contribution < -0.4 is 14.7 Å². The van der Waals surface area contributed by atoms with Crippen LogP contribution in [0.3, 0.4) is 0 Å². The Morgan fingerprint density at radius 2 is 0.786 bits per heavy atom. The Hall–Kier alpha value is -8.92. The predicted octanol–water partition coefficient (Wildman–Crippen LogP) is 18.2. The molecule has 1 aliphatic heterocycles. The molecule has 10 aromatic rings. The number of para-hydroxylation sites is 5. The number of hydrogen-bond acceptors (Lipinski definition) is 3. The van der Waals surface area contributed by atoms with Gasteiger partial charge in [0, 0.05) is 39.8 Å². The summed E-state index contributed by atoms with van der Waals surface area (Å²) in [5, 5.41) is 0. The molecule has 0 aromatic heterocycles. The molecule has 0 saturated carbocycles. The van der Waals surface area contributed by atoms with Gasteiger partial charge in [0.15, 0.2) is 0 Å². The highest BCUT2D eigenvalue weighted by Crippen LogP contribution is 2.64. The number of benzene rings is 10. The number of nitrogens with zero attached hydrogens (tertiary/aromatic N) is 3. The molecule has 0 unspecified atom stereocenters. The highest BCUT2D eigenvalue weighted by atomic mass is 15.2. The first kappa shape index (κ1) is 41.3. The minimum absolute atomic E-state index is 0.702. The van der Waals surface area contributed by atoms with Crippen molar-refractivity contribution in [2.75, 3.05) is 14.7 Å². The summed E-state index contributed by atoms with van der Waals surface area (Å²) in [7, 11) is 0. The molecule has 2 aliphatic carbocycles. The van der Waals surface area contributed by atoms with Crippen molar-refractivity contribution in [3.63, 3.8) is 0 Å². The maximum atomic E-state index is 2.50. The third-order valence-corrected chi connectivity index (χ3v) is 14.5. The van der Waals surface area contributed by atoms with Gasteiger partial charge in [0.2, 0.25) is 0 Å². The number of anilines is 9. The minimum Gasteiger partial charge on any atom is -0.310 e. The van der Waals surface area contributed by atoms with E-state index in [0.29, 0.717) is 0 Å². The highest BCUT2D eigenvalue weighted by Gasteiger charge is 2.52. The maximum absolute atomic E-state index is 2.50. The largest absolute Gasteiger partial charge is 0.310 e. The lowest BCUT2D eigenvalue weighted by molar-refractivity contribution is 0.752. The first-order chi connectivity index (χ1) is 34.7. The smallest absolute Gasteiger partial charge is 0.0755 e. The van der Waals surface area contributed by atoms with E-state index in [1.807, 2.05) is 0 Å². The van der Waals surface area contributed by atoms with Gasteiger partial charge >= 0.3 is 0 Å². The van der Waals surface area contributed by atoms with E-state index in [-0.39, 0.29) is 0 Å². The van der Waals surface area contributed by atoms with Crippen molar-refractivity contribution in [3.8, 4) is 22.3 Å². The molecular formula is C67H49N3. The molecule has 0 radical (unpaired) electrons. The quantitative estimate of drug-likeness (QED) is 0.143. The summed E-state index contributed by atoms with van der Waals surface area (Å²) < 4.78 is 0. The number of allylic oxidation sites excluding steroid dienone is 4. The van der Waals surface area contributed by atoms with Crippen LogP contribution in [0, 0.1) is 0 Å². The monoisotopic (exact) mass is 895 g/mol. The molecule has 0 N–H and O–H groups in total. The number of fused-ring (bicyclic) bond motifs is 9. The summed E-state index contributed by atoms with van der Waals surface area (Å²) in [6.07, 6.45) is 8.82. The number of hydrogen-bond donors (Lipinski definition) is 0. The van der Waals surface area contributed by atoms with Crippen LogP contribution in [0.5, 0.6) is 0 Å². The van der Waals surface area contributed by atoms with Crippen molar-refractivity contribution in [1.29, 1.82) is 0 Å². The topological polar surface area (TPSA) is 9.72 Å². The van der Waals surface area contributed by atoms with E-state index in [0.717, 1.165) is 52.7 Å². The molecule has 0 amide bonds. The Morgan fingerprint density at radius 3 is 1.33 bits per heavy atom. The van der Waals surface area contributed by atoms with Gasteiger partial charge < -0.3 is 14.7 Å².